The summed E-state index contributed by atoms with van der Waals surface area (Å²) in [6, 6.07) is 8.61. The minimum atomic E-state index is -0.415. The van der Waals surface area contributed by atoms with Crippen LogP contribution < -0.4 is 11.1 Å². The van der Waals surface area contributed by atoms with E-state index in [0.29, 0.717) is 28.7 Å². The third-order valence-electron chi connectivity index (χ3n) is 2.45. The second-order valence-corrected chi connectivity index (χ2v) is 3.89. The molecule has 0 bridgehead atoms. The van der Waals surface area contributed by atoms with E-state index in [-0.39, 0.29) is 0 Å². The van der Waals surface area contributed by atoms with E-state index in [4.69, 9.17) is 10.5 Å². The Morgan fingerprint density at radius 2 is 2.05 bits per heavy atom. The van der Waals surface area contributed by atoms with Crippen molar-refractivity contribution < 1.29 is 9.53 Å². The fourth-order valence-electron chi connectivity index (χ4n) is 1.67. The summed E-state index contributed by atoms with van der Waals surface area (Å²) in [5.74, 6) is 1.03. The molecule has 1 aromatic carbocycles. The van der Waals surface area contributed by atoms with Crippen LogP contribution in [0.1, 0.15) is 16.2 Å². The van der Waals surface area contributed by atoms with Crippen LogP contribution in [0.15, 0.2) is 30.3 Å². The number of carbonyl (C=O) groups excluding carboxylic acids is 1. The number of esters is 1. The van der Waals surface area contributed by atoms with Crippen molar-refractivity contribution in [1.29, 1.82) is 0 Å². The van der Waals surface area contributed by atoms with Crippen molar-refractivity contribution in [2.75, 3.05) is 18.2 Å². The van der Waals surface area contributed by atoms with E-state index in [0.717, 1.165) is 0 Å². The Morgan fingerprint density at radius 3 is 2.74 bits per heavy atom. The highest BCUT2D eigenvalue weighted by Gasteiger charge is 2.11. The molecule has 0 atom stereocenters. The summed E-state index contributed by atoms with van der Waals surface area (Å²) in [7, 11) is 1.34. The highest BCUT2D eigenvalue weighted by Crippen LogP contribution is 2.21. The SMILES string of the molecule is COC(=O)c1ccccc1Nc1cc(N)nc(C)n1. The van der Waals surface area contributed by atoms with Crippen molar-refractivity contribution in [1.82, 2.24) is 9.97 Å². The average molecular weight is 258 g/mol. The van der Waals surface area contributed by atoms with Gasteiger partial charge in [0.05, 0.1) is 18.4 Å². The first-order valence-corrected chi connectivity index (χ1v) is 5.65. The van der Waals surface area contributed by atoms with Crippen molar-refractivity contribution in [2.45, 2.75) is 6.92 Å². The molecular formula is C13H14N4O2. The summed E-state index contributed by atoms with van der Waals surface area (Å²) in [6.45, 7) is 1.74. The number of ether oxygens (including phenoxy) is 1. The highest BCUT2D eigenvalue weighted by atomic mass is 16.5. The van der Waals surface area contributed by atoms with E-state index in [1.165, 1.54) is 7.11 Å². The van der Waals surface area contributed by atoms with Crippen molar-refractivity contribution >= 4 is 23.3 Å². The molecule has 0 spiro atoms. The number of carbonyl (C=O) groups is 1. The Morgan fingerprint density at radius 1 is 1.32 bits per heavy atom. The van der Waals surface area contributed by atoms with E-state index in [1.807, 2.05) is 6.07 Å². The third kappa shape index (κ3) is 2.98. The number of benzene rings is 1. The van der Waals surface area contributed by atoms with Gasteiger partial charge in [0, 0.05) is 6.07 Å². The van der Waals surface area contributed by atoms with Crippen LogP contribution in [0.5, 0.6) is 0 Å². The molecule has 0 saturated heterocycles. The van der Waals surface area contributed by atoms with Crippen LogP contribution in [0.4, 0.5) is 17.3 Å². The van der Waals surface area contributed by atoms with Crippen molar-refractivity contribution in [3.63, 3.8) is 0 Å². The van der Waals surface area contributed by atoms with Crippen LogP contribution in [0, 0.1) is 6.92 Å². The molecule has 0 unspecified atom stereocenters. The van der Waals surface area contributed by atoms with Gasteiger partial charge in [0.25, 0.3) is 0 Å². The Balaban J connectivity index is 2.35. The van der Waals surface area contributed by atoms with Gasteiger partial charge in [-0.05, 0) is 19.1 Å². The molecule has 2 rings (SSSR count). The first-order chi connectivity index (χ1) is 9.10. The Kier molecular flexibility index (Phi) is 3.61. The molecule has 6 nitrogen and oxygen atoms in total. The number of para-hydroxylation sites is 1. The second-order valence-electron chi connectivity index (χ2n) is 3.89. The number of nitrogens with two attached hydrogens (primary N) is 1. The molecule has 0 saturated carbocycles. The monoisotopic (exact) mass is 258 g/mol. The molecule has 19 heavy (non-hydrogen) atoms. The largest absolute Gasteiger partial charge is 0.465 e. The molecule has 0 amide bonds. The van der Waals surface area contributed by atoms with Gasteiger partial charge in [-0.15, -0.1) is 0 Å². The smallest absolute Gasteiger partial charge is 0.339 e. The fourth-order valence-corrected chi connectivity index (χ4v) is 1.67. The predicted molar refractivity (Wildman–Crippen MR) is 72.2 cm³/mol. The van der Waals surface area contributed by atoms with Crippen LogP contribution in [0.3, 0.4) is 0 Å². The number of aromatic nitrogens is 2. The fraction of sp³-hybridized carbons (Fsp3) is 0.154. The molecule has 3 N–H and O–H groups in total. The molecule has 98 valence electrons. The van der Waals surface area contributed by atoms with Gasteiger partial charge in [-0.1, -0.05) is 12.1 Å². The topological polar surface area (TPSA) is 90.1 Å². The normalized spacial score (nSPS) is 10.0. The highest BCUT2D eigenvalue weighted by molar-refractivity contribution is 5.96. The summed E-state index contributed by atoms with van der Waals surface area (Å²) in [6.07, 6.45) is 0. The van der Waals surface area contributed by atoms with Gasteiger partial charge in [-0.2, -0.15) is 0 Å². The number of hydrogen-bond donors (Lipinski definition) is 2. The molecule has 6 heteroatoms. The molecule has 1 aromatic heterocycles. The van der Waals surface area contributed by atoms with Crippen LogP contribution >= 0.6 is 0 Å². The van der Waals surface area contributed by atoms with Gasteiger partial charge in [0.1, 0.15) is 17.5 Å². The molecule has 0 aliphatic carbocycles. The van der Waals surface area contributed by atoms with E-state index >= 15 is 0 Å². The van der Waals surface area contributed by atoms with Crippen LogP contribution in [-0.4, -0.2) is 23.0 Å². The first kappa shape index (κ1) is 12.8. The van der Waals surface area contributed by atoms with E-state index in [9.17, 15) is 4.79 Å². The molecule has 0 aliphatic rings. The molecular weight excluding hydrogens is 244 g/mol. The van der Waals surface area contributed by atoms with Crippen molar-refractivity contribution in [2.24, 2.45) is 0 Å². The molecule has 2 aromatic rings. The van der Waals surface area contributed by atoms with Gasteiger partial charge in [-0.25, -0.2) is 14.8 Å². The number of hydrogen-bond acceptors (Lipinski definition) is 6. The van der Waals surface area contributed by atoms with Crippen LogP contribution in [0.2, 0.25) is 0 Å². The Bertz CT molecular complexity index is 593. The maximum Gasteiger partial charge on any atom is 0.339 e. The minimum absolute atomic E-state index is 0.366. The van der Waals surface area contributed by atoms with Crippen LogP contribution in [-0.2, 0) is 4.74 Å². The lowest BCUT2D eigenvalue weighted by molar-refractivity contribution is 0.0602. The van der Waals surface area contributed by atoms with E-state index < -0.39 is 5.97 Å². The van der Waals surface area contributed by atoms with E-state index in [1.54, 1.807) is 31.2 Å². The number of nitrogens with zero attached hydrogens (tertiary/aromatic N) is 2. The second kappa shape index (κ2) is 5.34. The maximum absolute atomic E-state index is 11.6. The van der Waals surface area contributed by atoms with Gasteiger partial charge >= 0.3 is 5.97 Å². The summed E-state index contributed by atoms with van der Waals surface area (Å²) < 4.78 is 4.73. The molecule has 1 heterocycles. The van der Waals surface area contributed by atoms with Gasteiger partial charge in [-0.3, -0.25) is 0 Å². The number of nitrogen functional groups attached to an aromatic ring is 1. The summed E-state index contributed by atoms with van der Waals surface area (Å²) in [4.78, 5) is 19.8. The Labute approximate surface area is 110 Å². The lowest BCUT2D eigenvalue weighted by atomic mass is 10.2. The van der Waals surface area contributed by atoms with E-state index in [2.05, 4.69) is 15.3 Å². The van der Waals surface area contributed by atoms with Gasteiger partial charge < -0.3 is 15.8 Å². The third-order valence-corrected chi connectivity index (χ3v) is 2.45. The van der Waals surface area contributed by atoms with Gasteiger partial charge in [0.2, 0.25) is 0 Å². The van der Waals surface area contributed by atoms with Crippen molar-refractivity contribution in [3.8, 4) is 0 Å². The molecule has 0 fully saturated rings. The average Bonchev–Trinajstić information content (AvgIpc) is 2.37. The summed E-state index contributed by atoms with van der Waals surface area (Å²) in [5.41, 5.74) is 6.69. The molecule has 0 radical (unpaired) electrons. The summed E-state index contributed by atoms with van der Waals surface area (Å²) >= 11 is 0. The number of aryl methyl sites for hydroxylation is 1. The summed E-state index contributed by atoms with van der Waals surface area (Å²) in [5, 5.41) is 3.04. The number of nitrogens with one attached hydrogen (secondary N) is 1. The molecule has 0 aliphatic heterocycles. The predicted octanol–water partition coefficient (Wildman–Crippen LogP) is 1.90. The van der Waals surface area contributed by atoms with Crippen LogP contribution in [0.25, 0.3) is 0 Å². The number of rotatable bonds is 3. The Hall–Kier alpha value is -2.63. The minimum Gasteiger partial charge on any atom is -0.465 e. The van der Waals surface area contributed by atoms with Crippen molar-refractivity contribution in [3.05, 3.63) is 41.7 Å². The number of methoxy groups -OCH3 is 1. The standard InChI is InChI=1S/C13H14N4O2/c1-8-15-11(14)7-12(16-8)17-10-6-4-3-5-9(10)13(18)19-2/h3-7H,1-2H3,(H3,14,15,16,17). The lowest BCUT2D eigenvalue weighted by Gasteiger charge is -2.10. The zero-order chi connectivity index (χ0) is 13.8. The zero-order valence-electron chi connectivity index (χ0n) is 10.7. The number of anilines is 3. The maximum atomic E-state index is 11.6. The lowest BCUT2D eigenvalue weighted by Crippen LogP contribution is -2.07. The zero-order valence-corrected chi connectivity index (χ0v) is 10.7. The first-order valence-electron chi connectivity index (χ1n) is 5.65. The quantitative estimate of drug-likeness (QED) is 0.817. The van der Waals surface area contributed by atoms with Gasteiger partial charge in [0.15, 0.2) is 0 Å².